The largest absolute Gasteiger partial charge is 0.496 e. The SMILES string of the molecule is COc1cc(Cl)ncc1COc1cccc(-c2cc(F)c(Cc3nc4ccc(C(=O)OC(=O)c5ccc6nc(Cc7cc(F)c(-c8cccc(OCc9cnc(Cl)cc9OC)n8)cc7F)n(C7COCC7(C)C)c6c5)cc4n3C3COCC3(C)C)cc2F)n1. The van der Waals surface area contributed by atoms with Crippen LogP contribution in [0.4, 0.5) is 17.6 Å². The van der Waals surface area contributed by atoms with Crippen LogP contribution in [-0.4, -0.2) is 91.6 Å². The van der Waals surface area contributed by atoms with Crippen LogP contribution in [0, 0.1) is 34.1 Å². The topological polar surface area (TPSA) is 186 Å². The molecule has 2 fully saturated rings. The number of methoxy groups -OCH3 is 2. The first kappa shape index (κ1) is 60.3. The molecule has 0 N–H and O–H groups in total. The first-order chi connectivity index (χ1) is 42.7. The van der Waals surface area contributed by atoms with E-state index in [1.807, 2.05) is 36.8 Å². The van der Waals surface area contributed by atoms with E-state index in [0.717, 1.165) is 24.3 Å². The summed E-state index contributed by atoms with van der Waals surface area (Å²) < 4.78 is 109. The van der Waals surface area contributed by atoms with Gasteiger partial charge in [0.15, 0.2) is 0 Å². The standard InChI is InChI=1S/C66H56Cl2F4N8O9/c1-65(2)33-85-31-55(65)79-51-19-35(13-15-49(51)75-59(79)21-37-17-45(71)41(23-43(37)69)47-9-7-11-61(77-47)87-29-39-27-73-57(67)25-53(39)83-5)63(81)89-64(82)36-14-16-50-52(20-36)80(56-32-86-34-66(56,3)4)60(76-50)22-38-18-46(72)42(24-44(38)70)48-10-8-12-62(78-48)88-30-40-28-74-58(68)26-54(40)84-6/h7-20,23-28,55-56H,21-22,29-34H2,1-6H3. The monoisotopic (exact) mass is 1250 g/mol. The maximum atomic E-state index is 16.4. The smallest absolute Gasteiger partial charge is 0.346 e. The Morgan fingerprint density at radius 2 is 0.978 bits per heavy atom. The van der Waals surface area contributed by atoms with Crippen molar-refractivity contribution in [2.75, 3.05) is 40.6 Å². The lowest BCUT2D eigenvalue weighted by molar-refractivity contribution is 0.0397. The zero-order valence-corrected chi connectivity index (χ0v) is 50.4. The highest BCUT2D eigenvalue weighted by Crippen LogP contribution is 2.43. The number of pyridine rings is 4. The Morgan fingerprint density at radius 3 is 1.37 bits per heavy atom. The molecular weight excluding hydrogens is 1200 g/mol. The van der Waals surface area contributed by atoms with Gasteiger partial charge in [0.2, 0.25) is 11.8 Å². The highest BCUT2D eigenvalue weighted by atomic mass is 35.5. The van der Waals surface area contributed by atoms with Crippen LogP contribution in [0.25, 0.3) is 44.6 Å². The molecule has 2 aliphatic heterocycles. The normalized spacial score (nSPS) is 16.0. The molecule has 17 nitrogen and oxygen atoms in total. The summed E-state index contributed by atoms with van der Waals surface area (Å²) in [4.78, 5) is 55.1. The number of ether oxygens (including phenoxy) is 7. The summed E-state index contributed by atoms with van der Waals surface area (Å²) in [6.45, 7) is 9.38. The molecule has 4 aromatic carbocycles. The van der Waals surface area contributed by atoms with Crippen LogP contribution >= 0.6 is 23.2 Å². The number of carbonyl (C=O) groups is 2. The van der Waals surface area contributed by atoms with E-state index in [0.29, 0.717) is 69.6 Å². The van der Waals surface area contributed by atoms with Crippen LogP contribution in [0.15, 0.2) is 122 Å². The van der Waals surface area contributed by atoms with Gasteiger partial charge in [0, 0.05) is 82.6 Å². The van der Waals surface area contributed by atoms with E-state index >= 15 is 17.6 Å². The van der Waals surface area contributed by atoms with Gasteiger partial charge in [-0.25, -0.2) is 57.1 Å². The summed E-state index contributed by atoms with van der Waals surface area (Å²) in [5.74, 6) is -2.85. The fraction of sp³-hybridized carbons (Fsp3) is 0.273. The van der Waals surface area contributed by atoms with E-state index in [4.69, 9.17) is 66.3 Å². The van der Waals surface area contributed by atoms with Crippen molar-refractivity contribution in [3.05, 3.63) is 200 Å². The molecule has 2 aliphatic rings. The second-order valence-corrected chi connectivity index (χ2v) is 23.8. The Hall–Kier alpha value is -9.02. The second kappa shape index (κ2) is 24.5. The Bertz CT molecular complexity index is 4150. The molecule has 0 aliphatic carbocycles. The Labute approximate surface area is 517 Å². The van der Waals surface area contributed by atoms with Crippen molar-refractivity contribution in [1.82, 2.24) is 39.0 Å². The number of fused-ring (bicyclic) bond motifs is 2. The fourth-order valence-corrected chi connectivity index (χ4v) is 11.6. The first-order valence-electron chi connectivity index (χ1n) is 28.2. The average molecular weight is 1250 g/mol. The predicted octanol–water partition coefficient (Wildman–Crippen LogP) is 13.7. The van der Waals surface area contributed by atoms with Gasteiger partial charge in [0.05, 0.1) is 97.3 Å². The molecule has 23 heteroatoms. The lowest BCUT2D eigenvalue weighted by Gasteiger charge is -2.28. The number of benzene rings is 4. The number of nitrogens with zero attached hydrogens (tertiary/aromatic N) is 8. The van der Waals surface area contributed by atoms with E-state index in [1.54, 1.807) is 72.8 Å². The third kappa shape index (κ3) is 12.3. The van der Waals surface area contributed by atoms with Crippen molar-refractivity contribution < 1.29 is 60.3 Å². The molecule has 8 heterocycles. The minimum atomic E-state index is -0.965. The van der Waals surface area contributed by atoms with Gasteiger partial charge in [-0.05, 0) is 83.9 Å². The van der Waals surface area contributed by atoms with Gasteiger partial charge in [0.25, 0.3) is 0 Å². The van der Waals surface area contributed by atoms with Crippen molar-refractivity contribution in [1.29, 1.82) is 0 Å². The number of imidazole rings is 2. The number of hydrogen-bond acceptors (Lipinski definition) is 15. The summed E-state index contributed by atoms with van der Waals surface area (Å²) in [7, 11) is 2.98. The van der Waals surface area contributed by atoms with Crippen molar-refractivity contribution in [2.45, 2.75) is 65.8 Å². The quantitative estimate of drug-likeness (QED) is 0.0341. The fourth-order valence-electron chi connectivity index (χ4n) is 11.3. The molecule has 89 heavy (non-hydrogen) atoms. The summed E-state index contributed by atoms with van der Waals surface area (Å²) in [6, 6.07) is 25.5. The lowest BCUT2D eigenvalue weighted by Crippen LogP contribution is -2.27. The molecular formula is C66H56Cl2F4N8O9. The third-order valence-electron chi connectivity index (χ3n) is 16.1. The van der Waals surface area contributed by atoms with Gasteiger partial charge in [-0.1, -0.05) is 63.0 Å². The van der Waals surface area contributed by atoms with Gasteiger partial charge in [-0.15, -0.1) is 0 Å². The van der Waals surface area contributed by atoms with E-state index < -0.39 is 46.0 Å². The van der Waals surface area contributed by atoms with E-state index in [2.05, 4.69) is 19.9 Å². The Morgan fingerprint density at radius 1 is 0.551 bits per heavy atom. The minimum Gasteiger partial charge on any atom is -0.496 e. The third-order valence-corrected chi connectivity index (χ3v) is 16.5. The van der Waals surface area contributed by atoms with Gasteiger partial charge in [-0.3, -0.25) is 0 Å². The zero-order valence-electron chi connectivity index (χ0n) is 48.9. The molecule has 456 valence electrons. The van der Waals surface area contributed by atoms with Gasteiger partial charge < -0.3 is 42.3 Å². The Kier molecular flexibility index (Phi) is 16.6. The molecule has 0 saturated carbocycles. The summed E-state index contributed by atoms with van der Waals surface area (Å²) in [6.07, 6.45) is 2.73. The van der Waals surface area contributed by atoms with Crippen molar-refractivity contribution in [3.63, 3.8) is 0 Å². The number of hydrogen-bond donors (Lipinski definition) is 0. The van der Waals surface area contributed by atoms with E-state index in [9.17, 15) is 9.59 Å². The maximum absolute atomic E-state index is 16.4. The van der Waals surface area contributed by atoms with E-state index in [-0.39, 0.29) is 118 Å². The average Bonchev–Trinajstić information content (AvgIpc) is 1.68. The summed E-state index contributed by atoms with van der Waals surface area (Å²) in [5, 5.41) is 0.490. The van der Waals surface area contributed by atoms with Crippen LogP contribution < -0.4 is 18.9 Å². The molecule has 0 amide bonds. The molecule has 6 aromatic heterocycles. The first-order valence-corrected chi connectivity index (χ1v) is 29.0. The number of carbonyl (C=O) groups excluding carboxylic acids is 2. The Balaban J connectivity index is 0.789. The highest BCUT2D eigenvalue weighted by molar-refractivity contribution is 6.29. The van der Waals surface area contributed by atoms with Crippen LogP contribution in [-0.2, 0) is 40.3 Å². The molecule has 0 spiro atoms. The van der Waals surface area contributed by atoms with Crippen molar-refractivity contribution in [3.8, 4) is 45.8 Å². The lowest BCUT2D eigenvalue weighted by atomic mass is 9.87. The van der Waals surface area contributed by atoms with Crippen LogP contribution in [0.2, 0.25) is 10.3 Å². The minimum absolute atomic E-state index is 0.0131. The van der Waals surface area contributed by atoms with Crippen LogP contribution in [0.1, 0.15) is 94.4 Å². The van der Waals surface area contributed by atoms with Crippen LogP contribution in [0.5, 0.6) is 23.3 Å². The number of esters is 2. The molecule has 0 radical (unpaired) electrons. The van der Waals surface area contributed by atoms with Gasteiger partial charge in [0.1, 0.15) is 69.9 Å². The van der Waals surface area contributed by atoms with Gasteiger partial charge in [-0.2, -0.15) is 0 Å². The summed E-state index contributed by atoms with van der Waals surface area (Å²) >= 11 is 12.0. The summed E-state index contributed by atoms with van der Waals surface area (Å²) in [5.41, 5.74) is 2.25. The van der Waals surface area contributed by atoms with Crippen LogP contribution in [0.3, 0.4) is 0 Å². The van der Waals surface area contributed by atoms with Crippen molar-refractivity contribution in [2.24, 2.45) is 10.8 Å². The predicted molar refractivity (Wildman–Crippen MR) is 322 cm³/mol. The highest BCUT2D eigenvalue weighted by Gasteiger charge is 2.41. The van der Waals surface area contributed by atoms with E-state index in [1.165, 1.54) is 38.7 Å². The van der Waals surface area contributed by atoms with Crippen molar-refractivity contribution >= 4 is 57.2 Å². The molecule has 2 atom stereocenters. The number of rotatable bonds is 18. The zero-order chi connectivity index (χ0) is 62.5. The molecule has 0 bridgehead atoms. The van der Waals surface area contributed by atoms with Gasteiger partial charge >= 0.3 is 11.9 Å². The molecule has 2 saturated heterocycles. The molecule has 10 aromatic rings. The molecule has 2 unspecified atom stereocenters. The second-order valence-electron chi connectivity index (χ2n) is 23.1. The number of halogens is 6. The maximum Gasteiger partial charge on any atom is 0.346 e. The molecule has 12 rings (SSSR count). The number of aromatic nitrogens is 8.